The molecule has 202 valence electrons. The van der Waals surface area contributed by atoms with Crippen molar-refractivity contribution in [1.82, 2.24) is 14.9 Å². The summed E-state index contributed by atoms with van der Waals surface area (Å²) in [6.45, 7) is 6.75. The predicted octanol–water partition coefficient (Wildman–Crippen LogP) is 1.88. The Morgan fingerprint density at radius 3 is 2.30 bits per heavy atom. The van der Waals surface area contributed by atoms with Crippen LogP contribution in [0, 0.1) is 0 Å². The number of H-pyrrole nitrogens is 1. The first kappa shape index (κ1) is 28.2. The molecular weight excluding hydrogens is 520 g/mol. The van der Waals surface area contributed by atoms with Crippen molar-refractivity contribution in [2.24, 2.45) is 0 Å². The number of fused-ring (bicyclic) bond motifs is 1. The van der Waals surface area contributed by atoms with Crippen LogP contribution < -0.4 is 14.9 Å². The number of rotatable bonds is 6. The SMILES string of the molecule is CC(C)Nc1cccnc1N1CCN(C(=O)c2cc3cc(NS(C)(=O)=O)ccc3[nH]2)CC1.CS(=O)(=O)[O-]. The molecule has 3 heterocycles. The highest BCUT2D eigenvalue weighted by molar-refractivity contribution is 7.92. The van der Waals surface area contributed by atoms with Crippen molar-refractivity contribution in [3.8, 4) is 0 Å². The van der Waals surface area contributed by atoms with Crippen LogP contribution in [0.2, 0.25) is 0 Å². The molecule has 1 fully saturated rings. The van der Waals surface area contributed by atoms with Crippen molar-refractivity contribution in [1.29, 1.82) is 0 Å². The third-order valence-electron chi connectivity index (χ3n) is 5.25. The van der Waals surface area contributed by atoms with E-state index in [-0.39, 0.29) is 5.91 Å². The van der Waals surface area contributed by atoms with Gasteiger partial charge in [-0.1, -0.05) is 0 Å². The molecule has 3 aromatic rings. The predicted molar refractivity (Wildman–Crippen MR) is 143 cm³/mol. The van der Waals surface area contributed by atoms with Gasteiger partial charge in [0.1, 0.15) is 5.69 Å². The molecule has 1 aliphatic rings. The highest BCUT2D eigenvalue weighted by Gasteiger charge is 2.25. The van der Waals surface area contributed by atoms with Gasteiger partial charge in [0.05, 0.1) is 22.1 Å². The molecule has 0 spiro atoms. The number of hydrogen-bond donors (Lipinski definition) is 3. The van der Waals surface area contributed by atoms with Gasteiger partial charge in [-0.25, -0.2) is 21.8 Å². The quantitative estimate of drug-likeness (QED) is 0.387. The van der Waals surface area contributed by atoms with Crippen molar-refractivity contribution in [3.63, 3.8) is 0 Å². The van der Waals surface area contributed by atoms with Gasteiger partial charge in [0.15, 0.2) is 5.82 Å². The molecule has 37 heavy (non-hydrogen) atoms. The number of carbonyl (C=O) groups excluding carboxylic acids is 1. The molecular formula is C23H31N6O6S2-. The van der Waals surface area contributed by atoms with Gasteiger partial charge in [-0.2, -0.15) is 0 Å². The van der Waals surface area contributed by atoms with E-state index in [0.29, 0.717) is 49.9 Å². The first-order valence-electron chi connectivity index (χ1n) is 11.5. The average Bonchev–Trinajstić information content (AvgIpc) is 3.20. The van der Waals surface area contributed by atoms with Crippen LogP contribution in [0.1, 0.15) is 24.3 Å². The lowest BCUT2D eigenvalue weighted by Crippen LogP contribution is -2.49. The van der Waals surface area contributed by atoms with Gasteiger partial charge in [0.2, 0.25) is 10.0 Å². The minimum Gasteiger partial charge on any atom is -0.748 e. The third kappa shape index (κ3) is 8.61. The zero-order valence-electron chi connectivity index (χ0n) is 21.1. The van der Waals surface area contributed by atoms with E-state index < -0.39 is 20.1 Å². The van der Waals surface area contributed by atoms with Crippen LogP contribution in [0.5, 0.6) is 0 Å². The van der Waals surface area contributed by atoms with Crippen molar-refractivity contribution < 1.29 is 26.2 Å². The van der Waals surface area contributed by atoms with Gasteiger partial charge in [-0.3, -0.25) is 9.52 Å². The Hall–Kier alpha value is -3.36. The fraction of sp³-hybridized carbons (Fsp3) is 0.391. The van der Waals surface area contributed by atoms with E-state index in [4.69, 9.17) is 13.0 Å². The number of carbonyl (C=O) groups is 1. The van der Waals surface area contributed by atoms with Crippen LogP contribution in [0.4, 0.5) is 17.2 Å². The van der Waals surface area contributed by atoms with Crippen molar-refractivity contribution in [2.75, 3.05) is 53.6 Å². The Balaban J connectivity index is 0.000000695. The lowest BCUT2D eigenvalue weighted by molar-refractivity contribution is 0.0741. The number of sulfonamides is 1. The maximum Gasteiger partial charge on any atom is 0.270 e. The lowest BCUT2D eigenvalue weighted by Gasteiger charge is -2.36. The second kappa shape index (κ2) is 11.4. The summed E-state index contributed by atoms with van der Waals surface area (Å²) in [4.78, 5) is 24.8. The number of hydrogen-bond acceptors (Lipinski definition) is 9. The Morgan fingerprint density at radius 2 is 1.70 bits per heavy atom. The van der Waals surface area contributed by atoms with Gasteiger partial charge in [0.25, 0.3) is 5.91 Å². The molecule has 1 saturated heterocycles. The lowest BCUT2D eigenvalue weighted by atomic mass is 10.2. The Kier molecular flexibility index (Phi) is 8.66. The van der Waals surface area contributed by atoms with Gasteiger partial charge in [-0.05, 0) is 50.2 Å². The van der Waals surface area contributed by atoms with E-state index in [2.05, 4.69) is 38.8 Å². The fourth-order valence-electron chi connectivity index (χ4n) is 3.89. The number of nitrogens with zero attached hydrogens (tertiary/aromatic N) is 3. The average molecular weight is 552 g/mol. The molecule has 2 aromatic heterocycles. The highest BCUT2D eigenvalue weighted by Crippen LogP contribution is 2.26. The summed E-state index contributed by atoms with van der Waals surface area (Å²) in [5, 5.41) is 4.21. The first-order chi connectivity index (χ1) is 17.2. The molecule has 4 rings (SSSR count). The minimum atomic E-state index is -3.92. The second-order valence-corrected chi connectivity index (χ2v) is 12.2. The molecule has 14 heteroatoms. The van der Waals surface area contributed by atoms with Crippen LogP contribution in [0.15, 0.2) is 42.6 Å². The molecule has 0 atom stereocenters. The molecule has 3 N–H and O–H groups in total. The zero-order valence-corrected chi connectivity index (χ0v) is 22.7. The van der Waals surface area contributed by atoms with Crippen LogP contribution in [-0.2, 0) is 20.1 Å². The topological polar surface area (TPSA) is 168 Å². The number of nitrogens with one attached hydrogen (secondary N) is 3. The summed E-state index contributed by atoms with van der Waals surface area (Å²) in [6, 6.07) is 11.2. The molecule has 1 aliphatic heterocycles. The van der Waals surface area contributed by atoms with E-state index in [1.165, 1.54) is 0 Å². The van der Waals surface area contributed by atoms with Crippen LogP contribution >= 0.6 is 0 Å². The first-order valence-corrected chi connectivity index (χ1v) is 15.2. The third-order valence-corrected chi connectivity index (χ3v) is 5.86. The Labute approximate surface area is 216 Å². The second-order valence-electron chi connectivity index (χ2n) is 9.02. The van der Waals surface area contributed by atoms with E-state index >= 15 is 0 Å². The van der Waals surface area contributed by atoms with E-state index in [9.17, 15) is 13.2 Å². The number of anilines is 3. The van der Waals surface area contributed by atoms with Gasteiger partial charge in [-0.15, -0.1) is 0 Å². The van der Waals surface area contributed by atoms with Crippen molar-refractivity contribution in [3.05, 3.63) is 48.3 Å². The highest BCUT2D eigenvalue weighted by atomic mass is 32.2. The summed E-state index contributed by atoms with van der Waals surface area (Å²) in [6.07, 6.45) is 3.50. The molecule has 0 bridgehead atoms. The summed E-state index contributed by atoms with van der Waals surface area (Å²) < 4.78 is 52.6. The van der Waals surface area contributed by atoms with Gasteiger partial charge < -0.3 is 24.7 Å². The maximum absolute atomic E-state index is 13.1. The summed E-state index contributed by atoms with van der Waals surface area (Å²) in [5.41, 5.74) is 2.73. The number of amides is 1. The van der Waals surface area contributed by atoms with E-state index in [1.807, 2.05) is 17.0 Å². The minimum absolute atomic E-state index is 0.0694. The van der Waals surface area contributed by atoms with Crippen molar-refractivity contribution >= 4 is 54.1 Å². The normalized spacial score (nSPS) is 14.3. The zero-order chi connectivity index (χ0) is 27.4. The molecule has 0 unspecified atom stereocenters. The molecule has 0 aliphatic carbocycles. The molecule has 1 amide bonds. The molecule has 0 radical (unpaired) electrons. The van der Waals surface area contributed by atoms with E-state index in [0.717, 1.165) is 28.7 Å². The monoisotopic (exact) mass is 551 g/mol. The summed E-state index contributed by atoms with van der Waals surface area (Å²) in [5.74, 6) is 0.838. The van der Waals surface area contributed by atoms with Crippen LogP contribution in [-0.4, -0.2) is 86.9 Å². The largest absolute Gasteiger partial charge is 0.748 e. The number of piperazine rings is 1. The summed E-state index contributed by atoms with van der Waals surface area (Å²) in [7, 11) is -7.28. The van der Waals surface area contributed by atoms with Crippen molar-refractivity contribution in [2.45, 2.75) is 19.9 Å². The van der Waals surface area contributed by atoms with Crippen LogP contribution in [0.3, 0.4) is 0 Å². The number of aromatic nitrogens is 2. The Bertz CT molecular complexity index is 1450. The van der Waals surface area contributed by atoms with Crippen LogP contribution in [0.25, 0.3) is 10.9 Å². The fourth-order valence-corrected chi connectivity index (χ4v) is 4.44. The molecule has 1 aromatic carbocycles. The molecule has 12 nitrogen and oxygen atoms in total. The smallest absolute Gasteiger partial charge is 0.270 e. The standard InChI is InChI=1S/C22H28N6O3S.CH4O3S/c1-15(2)24-19-5-4-8-23-21(19)27-9-11-28(12-10-27)22(29)20-14-16-13-17(26-32(3,30)31)6-7-18(16)25-20;1-5(2,3)4/h4-8,13-15,24-26H,9-12H2,1-3H3;1H3,(H,2,3,4)/p-1. The van der Waals surface area contributed by atoms with Gasteiger partial charge in [0, 0.05) is 61.3 Å². The number of pyridine rings is 1. The number of benzene rings is 1. The summed E-state index contributed by atoms with van der Waals surface area (Å²) >= 11 is 0. The van der Waals surface area contributed by atoms with E-state index in [1.54, 1.807) is 30.5 Å². The Morgan fingerprint density at radius 1 is 1.05 bits per heavy atom. The molecule has 0 saturated carbocycles. The van der Waals surface area contributed by atoms with Gasteiger partial charge >= 0.3 is 0 Å². The maximum atomic E-state index is 13.1. The number of aromatic amines is 1.